The van der Waals surface area contributed by atoms with Crippen LogP contribution in [0.1, 0.15) is 6.42 Å². The third-order valence-electron chi connectivity index (χ3n) is 1.65. The van der Waals surface area contributed by atoms with Crippen LogP contribution in [-0.2, 0) is 0 Å². The number of hydrogen-bond acceptors (Lipinski definition) is 2. The Labute approximate surface area is 58.0 Å². The van der Waals surface area contributed by atoms with Crippen molar-refractivity contribution in [2.75, 3.05) is 13.1 Å². The fraction of sp³-hybridized carbons (Fsp3) is 0.833. The van der Waals surface area contributed by atoms with Crippen LogP contribution in [0.3, 0.4) is 0 Å². The van der Waals surface area contributed by atoms with Crippen LogP contribution >= 0.6 is 0 Å². The van der Waals surface area contributed by atoms with Crippen LogP contribution < -0.4 is 0 Å². The lowest BCUT2D eigenvalue weighted by Crippen LogP contribution is -2.48. The molecule has 1 atom stereocenters. The maximum absolute atomic E-state index is 11.7. The van der Waals surface area contributed by atoms with Crippen molar-refractivity contribution in [3.8, 4) is 6.07 Å². The third-order valence-corrected chi connectivity index (χ3v) is 1.65. The lowest BCUT2D eigenvalue weighted by molar-refractivity contribution is 0.0369. The number of nitriles is 1. The predicted molar refractivity (Wildman–Crippen MR) is 31.6 cm³/mol. The molecule has 0 radical (unpaired) electrons. The van der Waals surface area contributed by atoms with Crippen LogP contribution in [-0.4, -0.2) is 30.5 Å². The Bertz CT molecular complexity index is 152. The number of halogens is 2. The minimum absolute atomic E-state index is 0.252. The van der Waals surface area contributed by atoms with E-state index < -0.39 is 6.43 Å². The van der Waals surface area contributed by atoms with Gasteiger partial charge in [-0.1, -0.05) is 0 Å². The van der Waals surface area contributed by atoms with Gasteiger partial charge in [-0.2, -0.15) is 5.26 Å². The minimum Gasteiger partial charge on any atom is -0.282 e. The van der Waals surface area contributed by atoms with E-state index in [1.165, 1.54) is 4.90 Å². The molecule has 0 aromatic rings. The molecule has 0 aromatic carbocycles. The molecule has 1 fully saturated rings. The average molecular weight is 146 g/mol. The highest BCUT2D eigenvalue weighted by atomic mass is 19.3. The Morgan fingerprint density at radius 2 is 2.40 bits per heavy atom. The summed E-state index contributed by atoms with van der Waals surface area (Å²) >= 11 is 0. The molecular weight excluding hydrogens is 138 g/mol. The van der Waals surface area contributed by atoms with Crippen molar-refractivity contribution in [1.29, 1.82) is 5.26 Å². The molecule has 1 heterocycles. The molecule has 56 valence electrons. The molecule has 1 rings (SSSR count). The summed E-state index contributed by atoms with van der Waals surface area (Å²) in [6.07, 6.45) is -1.57. The van der Waals surface area contributed by atoms with Crippen LogP contribution in [0.15, 0.2) is 0 Å². The molecule has 0 aromatic heterocycles. The van der Waals surface area contributed by atoms with Crippen molar-refractivity contribution in [2.24, 2.45) is 0 Å². The van der Waals surface area contributed by atoms with E-state index in [0.717, 1.165) is 6.42 Å². The van der Waals surface area contributed by atoms with E-state index in [9.17, 15) is 8.78 Å². The molecule has 0 aliphatic carbocycles. The van der Waals surface area contributed by atoms with Crippen molar-refractivity contribution in [3.63, 3.8) is 0 Å². The third kappa shape index (κ3) is 1.42. The Morgan fingerprint density at radius 1 is 1.70 bits per heavy atom. The van der Waals surface area contributed by atoms with Crippen LogP contribution in [0.5, 0.6) is 0 Å². The fourth-order valence-electron chi connectivity index (χ4n) is 0.983. The van der Waals surface area contributed by atoms with E-state index in [1.807, 2.05) is 6.07 Å². The summed E-state index contributed by atoms with van der Waals surface area (Å²) < 4.78 is 23.3. The van der Waals surface area contributed by atoms with E-state index in [2.05, 4.69) is 0 Å². The zero-order chi connectivity index (χ0) is 7.56. The molecule has 0 saturated carbocycles. The highest BCUT2D eigenvalue weighted by Crippen LogP contribution is 2.16. The van der Waals surface area contributed by atoms with Crippen molar-refractivity contribution < 1.29 is 8.78 Å². The predicted octanol–water partition coefficient (Wildman–Crippen LogP) is 0.849. The Morgan fingerprint density at radius 3 is 2.70 bits per heavy atom. The lowest BCUT2D eigenvalue weighted by Gasteiger charge is -2.35. The van der Waals surface area contributed by atoms with Gasteiger partial charge in [-0.3, -0.25) is 4.90 Å². The van der Waals surface area contributed by atoms with E-state index in [-0.39, 0.29) is 12.6 Å². The molecule has 0 bridgehead atoms. The van der Waals surface area contributed by atoms with Gasteiger partial charge in [0.05, 0.1) is 18.7 Å². The Hall–Kier alpha value is -0.690. The average Bonchev–Trinajstić information content (AvgIpc) is 1.82. The second kappa shape index (κ2) is 2.93. The topological polar surface area (TPSA) is 27.0 Å². The summed E-state index contributed by atoms with van der Waals surface area (Å²) in [5, 5.41) is 8.33. The smallest absolute Gasteiger partial charge is 0.251 e. The van der Waals surface area contributed by atoms with Crippen LogP contribution in [0.4, 0.5) is 8.78 Å². The molecule has 1 unspecified atom stereocenters. The summed E-state index contributed by atoms with van der Waals surface area (Å²) in [4.78, 5) is 1.49. The standard InChI is InChI=1S/C6H8F2N2/c7-6(8)4-10-2-1-5(10)3-9/h5-6H,1-2,4H2. The summed E-state index contributed by atoms with van der Waals surface area (Å²) in [5.41, 5.74) is 0. The van der Waals surface area contributed by atoms with Crippen LogP contribution in [0.25, 0.3) is 0 Å². The Kier molecular flexibility index (Phi) is 2.17. The van der Waals surface area contributed by atoms with E-state index >= 15 is 0 Å². The fourth-order valence-corrected chi connectivity index (χ4v) is 0.983. The number of rotatable bonds is 2. The number of hydrogen-bond donors (Lipinski definition) is 0. The molecule has 1 saturated heterocycles. The van der Waals surface area contributed by atoms with Gasteiger partial charge in [0.1, 0.15) is 0 Å². The van der Waals surface area contributed by atoms with Crippen molar-refractivity contribution in [3.05, 3.63) is 0 Å². The van der Waals surface area contributed by atoms with E-state index in [1.54, 1.807) is 0 Å². The van der Waals surface area contributed by atoms with Crippen molar-refractivity contribution in [2.45, 2.75) is 18.9 Å². The lowest BCUT2D eigenvalue weighted by atomic mass is 10.1. The highest BCUT2D eigenvalue weighted by molar-refractivity contribution is 4.99. The minimum atomic E-state index is -2.31. The Balaban J connectivity index is 2.25. The zero-order valence-corrected chi connectivity index (χ0v) is 5.43. The summed E-state index contributed by atoms with van der Waals surface area (Å²) in [6.45, 7) is 0.390. The first kappa shape index (κ1) is 7.42. The van der Waals surface area contributed by atoms with E-state index in [0.29, 0.717) is 6.54 Å². The summed E-state index contributed by atoms with van der Waals surface area (Å²) in [7, 11) is 0. The molecule has 0 spiro atoms. The molecule has 1 aliphatic rings. The zero-order valence-electron chi connectivity index (χ0n) is 5.43. The molecule has 1 aliphatic heterocycles. The summed E-state index contributed by atoms with van der Waals surface area (Å²) in [6, 6.07) is 1.69. The van der Waals surface area contributed by atoms with Gasteiger partial charge in [0, 0.05) is 6.54 Å². The maximum atomic E-state index is 11.7. The van der Waals surface area contributed by atoms with Gasteiger partial charge < -0.3 is 0 Å². The first-order valence-corrected chi connectivity index (χ1v) is 3.16. The van der Waals surface area contributed by atoms with Crippen LogP contribution in [0, 0.1) is 11.3 Å². The van der Waals surface area contributed by atoms with Gasteiger partial charge in [-0.15, -0.1) is 0 Å². The second-order valence-electron chi connectivity index (χ2n) is 2.32. The maximum Gasteiger partial charge on any atom is 0.251 e. The molecule has 0 N–H and O–H groups in total. The van der Waals surface area contributed by atoms with Crippen molar-refractivity contribution >= 4 is 0 Å². The summed E-state index contributed by atoms with van der Waals surface area (Å²) in [5.74, 6) is 0. The quantitative estimate of drug-likeness (QED) is 0.577. The number of nitrogens with zero attached hydrogens (tertiary/aromatic N) is 2. The number of likely N-dealkylation sites (tertiary alicyclic amines) is 1. The SMILES string of the molecule is N#CC1CCN1CC(F)F. The molecule has 10 heavy (non-hydrogen) atoms. The first-order chi connectivity index (χ1) is 4.74. The van der Waals surface area contributed by atoms with Gasteiger partial charge in [-0.25, -0.2) is 8.78 Å². The van der Waals surface area contributed by atoms with Gasteiger partial charge in [0.25, 0.3) is 6.43 Å². The largest absolute Gasteiger partial charge is 0.282 e. The molecular formula is C6H8F2N2. The normalized spacial score (nSPS) is 26.0. The monoisotopic (exact) mass is 146 g/mol. The van der Waals surface area contributed by atoms with Gasteiger partial charge in [0.15, 0.2) is 0 Å². The molecule has 4 heteroatoms. The van der Waals surface area contributed by atoms with Gasteiger partial charge >= 0.3 is 0 Å². The van der Waals surface area contributed by atoms with Crippen molar-refractivity contribution in [1.82, 2.24) is 4.90 Å². The highest BCUT2D eigenvalue weighted by Gasteiger charge is 2.29. The van der Waals surface area contributed by atoms with Gasteiger partial charge in [-0.05, 0) is 6.42 Å². The van der Waals surface area contributed by atoms with Crippen LogP contribution in [0.2, 0.25) is 0 Å². The van der Waals surface area contributed by atoms with E-state index in [4.69, 9.17) is 5.26 Å². The first-order valence-electron chi connectivity index (χ1n) is 3.16. The number of alkyl halides is 2. The van der Waals surface area contributed by atoms with Gasteiger partial charge in [0.2, 0.25) is 0 Å². The molecule has 0 amide bonds. The second-order valence-corrected chi connectivity index (χ2v) is 2.32. The molecule has 2 nitrogen and oxygen atoms in total.